The fraction of sp³-hybridized carbons (Fsp3) is 0.918. The topological polar surface area (TPSA) is 78.9 Å². The average molecular weight is 946 g/mol. The van der Waals surface area contributed by atoms with E-state index in [1.807, 2.05) is 0 Å². The molecule has 0 aromatic carbocycles. The quantitative estimate of drug-likeness (QED) is 0.0262. The van der Waals surface area contributed by atoms with E-state index in [-0.39, 0.29) is 31.1 Å². The molecule has 6 nitrogen and oxygen atoms in total. The lowest BCUT2D eigenvalue weighted by molar-refractivity contribution is -0.167. The smallest absolute Gasteiger partial charge is 0.306 e. The molecule has 396 valence electrons. The van der Waals surface area contributed by atoms with Crippen LogP contribution in [0.3, 0.4) is 0 Å². The van der Waals surface area contributed by atoms with Gasteiger partial charge in [0.1, 0.15) is 13.2 Å². The predicted molar refractivity (Wildman–Crippen MR) is 289 cm³/mol. The summed E-state index contributed by atoms with van der Waals surface area (Å²) in [6.07, 6.45) is 64.9. The summed E-state index contributed by atoms with van der Waals surface area (Å²) in [4.78, 5) is 38.2. The lowest BCUT2D eigenvalue weighted by Crippen LogP contribution is -2.30. The van der Waals surface area contributed by atoms with Crippen LogP contribution >= 0.6 is 0 Å². The zero-order valence-corrected chi connectivity index (χ0v) is 45.5. The van der Waals surface area contributed by atoms with Crippen molar-refractivity contribution in [3.05, 3.63) is 12.2 Å². The van der Waals surface area contributed by atoms with Crippen LogP contribution in [0.25, 0.3) is 0 Å². The molecule has 0 aliphatic heterocycles. The van der Waals surface area contributed by atoms with Crippen molar-refractivity contribution in [2.75, 3.05) is 13.2 Å². The summed E-state index contributed by atoms with van der Waals surface area (Å²) in [6, 6.07) is 0. The Labute approximate surface area is 418 Å². The van der Waals surface area contributed by atoms with Gasteiger partial charge >= 0.3 is 17.9 Å². The Balaban J connectivity index is 4.29. The minimum Gasteiger partial charge on any atom is -0.462 e. The molecular formula is C61H116O6. The Morgan fingerprint density at radius 2 is 0.493 bits per heavy atom. The summed E-state index contributed by atoms with van der Waals surface area (Å²) in [5, 5.41) is 0. The predicted octanol–water partition coefficient (Wildman–Crippen LogP) is 20.1. The van der Waals surface area contributed by atoms with E-state index in [0.717, 1.165) is 57.8 Å². The summed E-state index contributed by atoms with van der Waals surface area (Å²) in [6.45, 7) is 6.70. The third kappa shape index (κ3) is 55.0. The maximum absolute atomic E-state index is 12.9. The van der Waals surface area contributed by atoms with Crippen LogP contribution in [0.1, 0.15) is 342 Å². The van der Waals surface area contributed by atoms with Crippen LogP contribution < -0.4 is 0 Å². The van der Waals surface area contributed by atoms with Gasteiger partial charge in [-0.2, -0.15) is 0 Å². The first-order valence-electron chi connectivity index (χ1n) is 30.2. The Bertz CT molecular complexity index is 1040. The number of hydrogen-bond donors (Lipinski definition) is 0. The normalized spacial score (nSPS) is 12.0. The molecule has 0 spiro atoms. The van der Waals surface area contributed by atoms with E-state index in [0.29, 0.717) is 19.3 Å². The Morgan fingerprint density at radius 3 is 0.746 bits per heavy atom. The highest BCUT2D eigenvalue weighted by atomic mass is 16.6. The maximum Gasteiger partial charge on any atom is 0.306 e. The maximum atomic E-state index is 12.9. The van der Waals surface area contributed by atoms with Crippen molar-refractivity contribution >= 4 is 17.9 Å². The molecule has 0 fully saturated rings. The highest BCUT2D eigenvalue weighted by Crippen LogP contribution is 2.17. The minimum absolute atomic E-state index is 0.0642. The highest BCUT2D eigenvalue weighted by molar-refractivity contribution is 5.71. The summed E-state index contributed by atoms with van der Waals surface area (Å²) in [7, 11) is 0. The second kappa shape index (κ2) is 56.7. The highest BCUT2D eigenvalue weighted by Gasteiger charge is 2.19. The first-order valence-corrected chi connectivity index (χ1v) is 30.2. The first kappa shape index (κ1) is 65.1. The standard InChI is InChI=1S/C61H116O6/c1-4-7-10-13-16-19-22-25-27-29-30-32-33-36-39-42-45-48-51-54-60(63)66-57-58(56-65-59(62)53-50-47-44-41-38-35-24-21-18-15-12-9-6-3)67-61(64)55-52-49-46-43-40-37-34-31-28-26-23-20-17-14-11-8-5-2/h25,27,58H,4-24,26,28-57H2,1-3H3/b27-25-/t58-/m1/s1. The van der Waals surface area contributed by atoms with Gasteiger partial charge in [-0.05, 0) is 44.9 Å². The van der Waals surface area contributed by atoms with Gasteiger partial charge in [0.2, 0.25) is 0 Å². The third-order valence-corrected chi connectivity index (χ3v) is 13.8. The van der Waals surface area contributed by atoms with Gasteiger partial charge in [-0.15, -0.1) is 0 Å². The molecule has 0 amide bonds. The summed E-state index contributed by atoms with van der Waals surface area (Å²) in [5.74, 6) is -0.839. The van der Waals surface area contributed by atoms with Crippen LogP contribution in [0.15, 0.2) is 12.2 Å². The molecule has 0 rings (SSSR count). The zero-order valence-electron chi connectivity index (χ0n) is 45.5. The van der Waals surface area contributed by atoms with Gasteiger partial charge in [0.15, 0.2) is 6.10 Å². The molecular weight excluding hydrogens is 829 g/mol. The van der Waals surface area contributed by atoms with E-state index in [1.54, 1.807) is 0 Å². The summed E-state index contributed by atoms with van der Waals surface area (Å²) in [5.41, 5.74) is 0. The van der Waals surface area contributed by atoms with Crippen LogP contribution in [-0.2, 0) is 28.6 Å². The van der Waals surface area contributed by atoms with Crippen molar-refractivity contribution in [3.63, 3.8) is 0 Å². The first-order chi connectivity index (χ1) is 33.0. The monoisotopic (exact) mass is 945 g/mol. The number of ether oxygens (including phenoxy) is 3. The third-order valence-electron chi connectivity index (χ3n) is 13.8. The second-order valence-corrected chi connectivity index (χ2v) is 20.6. The van der Waals surface area contributed by atoms with E-state index < -0.39 is 6.10 Å². The van der Waals surface area contributed by atoms with E-state index in [4.69, 9.17) is 14.2 Å². The van der Waals surface area contributed by atoms with Gasteiger partial charge in [-0.1, -0.05) is 290 Å². The van der Waals surface area contributed by atoms with Gasteiger partial charge < -0.3 is 14.2 Å². The molecule has 0 radical (unpaired) electrons. The molecule has 0 saturated carbocycles. The Kier molecular flexibility index (Phi) is 55.2. The van der Waals surface area contributed by atoms with Crippen molar-refractivity contribution in [2.24, 2.45) is 0 Å². The van der Waals surface area contributed by atoms with Crippen LogP contribution in [0.4, 0.5) is 0 Å². The van der Waals surface area contributed by atoms with Crippen molar-refractivity contribution in [3.8, 4) is 0 Å². The number of rotatable bonds is 56. The van der Waals surface area contributed by atoms with Crippen molar-refractivity contribution in [2.45, 2.75) is 348 Å². The fourth-order valence-electron chi connectivity index (χ4n) is 9.21. The Morgan fingerprint density at radius 1 is 0.284 bits per heavy atom. The van der Waals surface area contributed by atoms with E-state index in [1.165, 1.54) is 244 Å². The number of carbonyl (C=O) groups excluding carboxylic acids is 3. The van der Waals surface area contributed by atoms with E-state index >= 15 is 0 Å². The summed E-state index contributed by atoms with van der Waals surface area (Å²) < 4.78 is 16.9. The molecule has 0 aromatic heterocycles. The molecule has 0 N–H and O–H groups in total. The Hall–Kier alpha value is -1.85. The number of hydrogen-bond acceptors (Lipinski definition) is 6. The molecule has 0 saturated heterocycles. The molecule has 0 unspecified atom stereocenters. The van der Waals surface area contributed by atoms with Gasteiger partial charge in [0.25, 0.3) is 0 Å². The van der Waals surface area contributed by atoms with Gasteiger partial charge in [0.05, 0.1) is 0 Å². The minimum atomic E-state index is -0.765. The largest absolute Gasteiger partial charge is 0.462 e. The molecule has 0 bridgehead atoms. The second-order valence-electron chi connectivity index (χ2n) is 20.6. The number of esters is 3. The zero-order chi connectivity index (χ0) is 48.6. The lowest BCUT2D eigenvalue weighted by atomic mass is 10.0. The van der Waals surface area contributed by atoms with Crippen LogP contribution in [-0.4, -0.2) is 37.2 Å². The fourth-order valence-corrected chi connectivity index (χ4v) is 9.21. The lowest BCUT2D eigenvalue weighted by Gasteiger charge is -2.18. The molecule has 1 atom stereocenters. The average Bonchev–Trinajstić information content (AvgIpc) is 3.33. The summed E-state index contributed by atoms with van der Waals surface area (Å²) >= 11 is 0. The van der Waals surface area contributed by atoms with E-state index in [2.05, 4.69) is 32.9 Å². The number of unbranched alkanes of at least 4 members (excludes halogenated alkanes) is 43. The number of allylic oxidation sites excluding steroid dienone is 2. The molecule has 0 heterocycles. The van der Waals surface area contributed by atoms with Gasteiger partial charge in [-0.3, -0.25) is 14.4 Å². The molecule has 0 aromatic rings. The molecule has 6 heteroatoms. The van der Waals surface area contributed by atoms with Gasteiger partial charge in [0, 0.05) is 19.3 Å². The van der Waals surface area contributed by atoms with Crippen molar-refractivity contribution < 1.29 is 28.6 Å². The molecule has 67 heavy (non-hydrogen) atoms. The van der Waals surface area contributed by atoms with Crippen LogP contribution in [0, 0.1) is 0 Å². The van der Waals surface area contributed by atoms with Crippen LogP contribution in [0.5, 0.6) is 0 Å². The SMILES string of the molecule is CCCCCCCC/C=C\CCCCCCCCCCCC(=O)OC[C@@H](COC(=O)CCCCCCCCCCCCCCC)OC(=O)CCCCCCCCCCCCCCCCCCC. The molecule has 0 aliphatic carbocycles. The van der Waals surface area contributed by atoms with E-state index in [9.17, 15) is 14.4 Å². The van der Waals surface area contributed by atoms with Gasteiger partial charge in [-0.25, -0.2) is 0 Å². The van der Waals surface area contributed by atoms with Crippen molar-refractivity contribution in [1.29, 1.82) is 0 Å². The van der Waals surface area contributed by atoms with Crippen LogP contribution in [0.2, 0.25) is 0 Å². The number of carbonyl (C=O) groups is 3. The van der Waals surface area contributed by atoms with Crippen molar-refractivity contribution in [1.82, 2.24) is 0 Å². The molecule has 0 aliphatic rings.